The van der Waals surface area contributed by atoms with Gasteiger partial charge in [0, 0.05) is 23.9 Å². The number of nitrogens with one attached hydrogen (secondary N) is 3. The molecule has 9 heteroatoms. The normalized spacial score (nSPS) is 12.3. The minimum Gasteiger partial charge on any atom is -0.505 e. The van der Waals surface area contributed by atoms with E-state index in [1.54, 1.807) is 23.6 Å². The summed E-state index contributed by atoms with van der Waals surface area (Å²) < 4.78 is 0. The Morgan fingerprint density at radius 3 is 2.43 bits per heavy atom. The number of anilines is 2. The number of phenolic OH excluding ortho intramolecular Hbond substituents is 1. The molecule has 37 heavy (non-hydrogen) atoms. The molecular weight excluding hydrogens is 488 g/mol. The molecule has 2 aromatic rings. The lowest BCUT2D eigenvalue weighted by molar-refractivity contribution is -0.110. The number of thioether (sulfide) groups is 1. The average molecular weight is 523 g/mol. The molecule has 1 amide bonds. The maximum Gasteiger partial charge on any atom is 0.277 e. The Balaban J connectivity index is 0.00000127. The van der Waals surface area contributed by atoms with Gasteiger partial charge in [0.1, 0.15) is 12.0 Å². The van der Waals surface area contributed by atoms with Crippen molar-refractivity contribution in [3.63, 3.8) is 0 Å². The summed E-state index contributed by atoms with van der Waals surface area (Å²) in [6.07, 6.45) is 12.6. The van der Waals surface area contributed by atoms with Gasteiger partial charge in [-0.1, -0.05) is 18.1 Å². The van der Waals surface area contributed by atoms with Crippen molar-refractivity contribution in [3.8, 4) is 18.1 Å². The maximum absolute atomic E-state index is 12.8. The Labute approximate surface area is 222 Å². The number of amides is 1. The first-order chi connectivity index (χ1) is 17.9. The van der Waals surface area contributed by atoms with Crippen molar-refractivity contribution in [1.29, 1.82) is 5.41 Å². The summed E-state index contributed by atoms with van der Waals surface area (Å²) in [6, 6.07) is 11.0. The fourth-order valence-electron chi connectivity index (χ4n) is 3.57. The van der Waals surface area contributed by atoms with E-state index in [1.807, 2.05) is 24.5 Å². The van der Waals surface area contributed by atoms with Gasteiger partial charge in [-0.15, -0.1) is 18.2 Å². The summed E-state index contributed by atoms with van der Waals surface area (Å²) in [5.41, 5.74) is 7.18. The maximum atomic E-state index is 12.8. The van der Waals surface area contributed by atoms with Crippen LogP contribution in [-0.2, 0) is 22.4 Å². The summed E-state index contributed by atoms with van der Waals surface area (Å²) in [5.74, 6) is 1.98. The standard InChI is InChI=1S/C25H26N4O2S.C2H4O.CH4O/c1-4-17(15-32-3)21-10-7-11-22(24(21)30)28-29-23(16(2)26)25(31)27-20-13-12-18-8-5-6-9-19(18)14-20;1-2-3;1-2/h1,7,10-15,26,28,30H,5-6,8-9H2,2-3H3,(H,27,31);2H,1H3;2H,1H3/b17-15+,26-16?,29-23-;;. The molecule has 0 radical (unpaired) electrons. The number of terminal acetylenes is 1. The second-order valence-corrected chi connectivity index (χ2v) is 8.40. The Bertz CT molecular complexity index is 1200. The molecule has 0 saturated carbocycles. The van der Waals surface area contributed by atoms with Crippen LogP contribution < -0.4 is 10.7 Å². The predicted molar refractivity (Wildman–Crippen MR) is 154 cm³/mol. The average Bonchev–Trinajstić information content (AvgIpc) is 2.90. The van der Waals surface area contributed by atoms with E-state index in [1.165, 1.54) is 43.2 Å². The van der Waals surface area contributed by atoms with Crippen molar-refractivity contribution in [2.45, 2.75) is 39.5 Å². The van der Waals surface area contributed by atoms with Crippen LogP contribution >= 0.6 is 11.8 Å². The Kier molecular flexibility index (Phi) is 14.1. The van der Waals surface area contributed by atoms with E-state index in [-0.39, 0.29) is 22.9 Å². The monoisotopic (exact) mass is 522 g/mol. The van der Waals surface area contributed by atoms with E-state index in [2.05, 4.69) is 21.8 Å². The van der Waals surface area contributed by atoms with Gasteiger partial charge >= 0.3 is 0 Å². The molecule has 0 atom stereocenters. The fraction of sp³-hybridized carbons (Fsp3) is 0.286. The van der Waals surface area contributed by atoms with Crippen LogP contribution in [0.5, 0.6) is 5.75 Å². The van der Waals surface area contributed by atoms with Crippen LogP contribution in [0.1, 0.15) is 43.4 Å². The van der Waals surface area contributed by atoms with Crippen LogP contribution in [0, 0.1) is 17.8 Å². The Morgan fingerprint density at radius 2 is 1.84 bits per heavy atom. The highest BCUT2D eigenvalue weighted by Gasteiger charge is 2.17. The quantitative estimate of drug-likeness (QED) is 0.116. The van der Waals surface area contributed by atoms with Crippen molar-refractivity contribution in [3.05, 3.63) is 58.5 Å². The first-order valence-electron chi connectivity index (χ1n) is 11.5. The minimum absolute atomic E-state index is 0.00445. The van der Waals surface area contributed by atoms with Gasteiger partial charge in [-0.05, 0) is 86.6 Å². The van der Waals surface area contributed by atoms with Gasteiger partial charge in [0.25, 0.3) is 5.91 Å². The highest BCUT2D eigenvalue weighted by Crippen LogP contribution is 2.33. The van der Waals surface area contributed by atoms with E-state index in [9.17, 15) is 9.90 Å². The molecule has 0 heterocycles. The van der Waals surface area contributed by atoms with Gasteiger partial charge in [-0.25, -0.2) is 0 Å². The number of aliphatic hydroxyl groups excluding tert-OH is 1. The molecule has 0 aromatic heterocycles. The zero-order valence-corrected chi connectivity index (χ0v) is 22.4. The lowest BCUT2D eigenvalue weighted by Crippen LogP contribution is -2.29. The third kappa shape index (κ3) is 9.26. The number of hydrogen-bond donors (Lipinski definition) is 5. The lowest BCUT2D eigenvalue weighted by Gasteiger charge is -2.17. The fourth-order valence-corrected chi connectivity index (χ4v) is 4.00. The number of carbonyl (C=O) groups is 2. The van der Waals surface area contributed by atoms with E-state index in [0.29, 0.717) is 16.8 Å². The van der Waals surface area contributed by atoms with Gasteiger partial charge < -0.3 is 25.7 Å². The van der Waals surface area contributed by atoms with Gasteiger partial charge in [-0.3, -0.25) is 10.2 Å². The minimum atomic E-state index is -0.497. The smallest absolute Gasteiger partial charge is 0.277 e. The van der Waals surface area contributed by atoms with E-state index < -0.39 is 5.91 Å². The molecule has 0 unspecified atom stereocenters. The molecule has 0 aliphatic heterocycles. The van der Waals surface area contributed by atoms with Crippen molar-refractivity contribution >= 4 is 52.3 Å². The molecule has 1 aliphatic carbocycles. The number of aldehydes is 1. The first-order valence-corrected chi connectivity index (χ1v) is 12.8. The molecular formula is C28H34N4O4S. The number of aromatic hydroxyl groups is 1. The molecule has 0 bridgehead atoms. The third-order valence-corrected chi connectivity index (χ3v) is 5.65. The van der Waals surface area contributed by atoms with Crippen molar-refractivity contribution in [1.82, 2.24) is 0 Å². The lowest BCUT2D eigenvalue weighted by atomic mass is 9.91. The molecule has 1 aliphatic rings. The number of hydrogen-bond acceptors (Lipinski definition) is 8. The highest BCUT2D eigenvalue weighted by molar-refractivity contribution is 8.01. The van der Waals surface area contributed by atoms with Crippen LogP contribution in [0.25, 0.3) is 5.57 Å². The zero-order valence-electron chi connectivity index (χ0n) is 21.6. The molecule has 0 saturated heterocycles. The van der Waals surface area contributed by atoms with Crippen molar-refractivity contribution in [2.24, 2.45) is 5.10 Å². The number of benzene rings is 2. The highest BCUT2D eigenvalue weighted by atomic mass is 32.2. The molecule has 8 nitrogen and oxygen atoms in total. The van der Waals surface area contributed by atoms with E-state index in [0.717, 1.165) is 32.7 Å². The first kappa shape index (κ1) is 31.2. The predicted octanol–water partition coefficient (Wildman–Crippen LogP) is 4.87. The van der Waals surface area contributed by atoms with Crippen LogP contribution in [-0.4, -0.2) is 47.2 Å². The number of phenols is 1. The number of para-hydroxylation sites is 1. The molecule has 0 spiro atoms. The number of nitrogens with zero attached hydrogens (tertiary/aromatic N) is 1. The summed E-state index contributed by atoms with van der Waals surface area (Å²) in [7, 11) is 1.00. The van der Waals surface area contributed by atoms with E-state index in [4.69, 9.17) is 21.7 Å². The van der Waals surface area contributed by atoms with Gasteiger partial charge in [0.15, 0.2) is 5.71 Å². The Hall–Kier alpha value is -3.87. The summed E-state index contributed by atoms with van der Waals surface area (Å²) in [6.45, 7) is 2.93. The molecule has 2 aromatic carbocycles. The Morgan fingerprint density at radius 1 is 1.19 bits per heavy atom. The van der Waals surface area contributed by atoms with Crippen molar-refractivity contribution in [2.75, 3.05) is 24.1 Å². The summed E-state index contributed by atoms with van der Waals surface area (Å²) in [5, 5.41) is 34.3. The molecule has 196 valence electrons. The van der Waals surface area contributed by atoms with Crippen LogP contribution in [0.4, 0.5) is 11.4 Å². The number of aryl methyl sites for hydroxylation is 2. The van der Waals surface area contributed by atoms with Crippen molar-refractivity contribution < 1.29 is 19.8 Å². The van der Waals surface area contributed by atoms with Gasteiger partial charge in [-0.2, -0.15) is 5.10 Å². The molecule has 0 fully saturated rings. The number of carbonyl (C=O) groups excluding carboxylic acids is 2. The second kappa shape index (κ2) is 16.7. The van der Waals surface area contributed by atoms with Crippen LogP contribution in [0.2, 0.25) is 0 Å². The number of aliphatic hydroxyl groups is 1. The van der Waals surface area contributed by atoms with Gasteiger partial charge in [0.2, 0.25) is 0 Å². The molecule has 5 N–H and O–H groups in total. The number of hydrazone groups is 1. The second-order valence-electron chi connectivity index (χ2n) is 7.69. The van der Waals surface area contributed by atoms with E-state index >= 15 is 0 Å². The SMILES string of the molecule is C#C/C(=C\SC)c1cccc(N/N=C(/C(C)=N)C(=O)Nc2ccc3c(c2)CCCC3)c1O.CC=O.CO. The number of rotatable bonds is 7. The van der Waals surface area contributed by atoms with Crippen LogP contribution in [0.3, 0.4) is 0 Å². The van der Waals surface area contributed by atoms with Crippen LogP contribution in [0.15, 0.2) is 46.9 Å². The van der Waals surface area contributed by atoms with Gasteiger partial charge in [0.05, 0.1) is 11.4 Å². The summed E-state index contributed by atoms with van der Waals surface area (Å²) >= 11 is 1.43. The largest absolute Gasteiger partial charge is 0.505 e. The summed E-state index contributed by atoms with van der Waals surface area (Å²) in [4.78, 5) is 21.6. The number of allylic oxidation sites excluding steroid dienone is 1. The molecule has 3 rings (SSSR count). The zero-order chi connectivity index (χ0) is 27.8. The number of fused-ring (bicyclic) bond motifs is 1. The third-order valence-electron chi connectivity index (χ3n) is 5.18. The topological polar surface area (TPSA) is 135 Å².